The SMILES string of the molecule is C/C=C/C=C/CC(=O)OCc1cc(=O)oc2cc(OC)c(OC)cc12. The molecule has 2 rings (SSSR count). The molecule has 0 bridgehead atoms. The van der Waals surface area contributed by atoms with Crippen LogP contribution in [0.15, 0.2) is 51.7 Å². The molecule has 0 saturated heterocycles. The van der Waals surface area contributed by atoms with Gasteiger partial charge in [0.1, 0.15) is 12.2 Å². The van der Waals surface area contributed by atoms with Crippen molar-refractivity contribution >= 4 is 16.9 Å². The van der Waals surface area contributed by atoms with Crippen molar-refractivity contribution in [3.05, 3.63) is 58.5 Å². The molecule has 6 heteroatoms. The van der Waals surface area contributed by atoms with E-state index in [0.717, 1.165) is 0 Å². The summed E-state index contributed by atoms with van der Waals surface area (Å²) in [7, 11) is 3.01. The molecule has 6 nitrogen and oxygen atoms in total. The Hall–Kier alpha value is -3.02. The molecule has 0 radical (unpaired) electrons. The van der Waals surface area contributed by atoms with Gasteiger partial charge in [0.15, 0.2) is 11.5 Å². The Balaban J connectivity index is 2.25. The highest BCUT2D eigenvalue weighted by Crippen LogP contribution is 2.33. The van der Waals surface area contributed by atoms with Crippen LogP contribution in [0.5, 0.6) is 11.5 Å². The van der Waals surface area contributed by atoms with E-state index in [9.17, 15) is 9.59 Å². The van der Waals surface area contributed by atoms with Crippen molar-refractivity contribution in [2.75, 3.05) is 14.2 Å². The lowest BCUT2D eigenvalue weighted by Crippen LogP contribution is -2.07. The Morgan fingerprint density at radius 1 is 1.12 bits per heavy atom. The van der Waals surface area contributed by atoms with Crippen molar-refractivity contribution in [2.45, 2.75) is 20.0 Å². The molecule has 0 fully saturated rings. The number of allylic oxidation sites excluding steroid dienone is 3. The summed E-state index contributed by atoms with van der Waals surface area (Å²) in [5, 5.41) is 0.620. The van der Waals surface area contributed by atoms with E-state index >= 15 is 0 Å². The molecule has 0 atom stereocenters. The zero-order valence-corrected chi connectivity index (χ0v) is 14.4. The highest BCUT2D eigenvalue weighted by molar-refractivity contribution is 5.84. The summed E-state index contributed by atoms with van der Waals surface area (Å²) >= 11 is 0. The van der Waals surface area contributed by atoms with Gasteiger partial charge in [-0.2, -0.15) is 0 Å². The Kier molecular flexibility index (Phi) is 6.39. The highest BCUT2D eigenvalue weighted by Gasteiger charge is 2.13. The maximum absolute atomic E-state index is 11.8. The smallest absolute Gasteiger partial charge is 0.336 e. The van der Waals surface area contributed by atoms with E-state index in [1.54, 1.807) is 24.3 Å². The van der Waals surface area contributed by atoms with E-state index in [0.29, 0.717) is 28.0 Å². The van der Waals surface area contributed by atoms with Gasteiger partial charge in [0.2, 0.25) is 0 Å². The molecule has 1 aromatic heterocycles. The largest absolute Gasteiger partial charge is 0.493 e. The molecular formula is C19H20O6. The summed E-state index contributed by atoms with van der Waals surface area (Å²) in [4.78, 5) is 23.5. The predicted molar refractivity (Wildman–Crippen MR) is 94.0 cm³/mol. The van der Waals surface area contributed by atoms with Gasteiger partial charge < -0.3 is 18.6 Å². The van der Waals surface area contributed by atoms with Crippen LogP contribution < -0.4 is 15.1 Å². The molecule has 0 saturated carbocycles. The number of methoxy groups -OCH3 is 2. The van der Waals surface area contributed by atoms with Crippen LogP contribution in [0.1, 0.15) is 18.9 Å². The van der Waals surface area contributed by atoms with E-state index in [4.69, 9.17) is 18.6 Å². The maximum atomic E-state index is 11.8. The first-order valence-corrected chi connectivity index (χ1v) is 7.71. The molecule has 0 amide bonds. The lowest BCUT2D eigenvalue weighted by atomic mass is 10.1. The van der Waals surface area contributed by atoms with Crippen LogP contribution in [-0.4, -0.2) is 20.2 Å². The second kappa shape index (κ2) is 8.73. The Morgan fingerprint density at radius 2 is 1.84 bits per heavy atom. The Bertz CT molecular complexity index is 860. The first-order chi connectivity index (χ1) is 12.1. The minimum absolute atomic E-state index is 0.0339. The molecule has 0 aliphatic carbocycles. The first-order valence-electron chi connectivity index (χ1n) is 7.71. The molecule has 132 valence electrons. The fourth-order valence-corrected chi connectivity index (χ4v) is 2.24. The zero-order chi connectivity index (χ0) is 18.2. The van der Waals surface area contributed by atoms with E-state index in [-0.39, 0.29) is 19.0 Å². The third-order valence-electron chi connectivity index (χ3n) is 3.45. The van der Waals surface area contributed by atoms with Gasteiger partial charge in [-0.3, -0.25) is 4.79 Å². The standard InChI is InChI=1S/C19H20O6/c1-4-5-6-7-8-18(20)24-12-13-9-19(21)25-15-11-17(23-3)16(22-2)10-14(13)15/h4-7,9-11H,8,12H2,1-3H3/b5-4+,7-6+. The number of benzene rings is 1. The van der Waals surface area contributed by atoms with Crippen molar-refractivity contribution in [3.63, 3.8) is 0 Å². The second-order valence-electron chi connectivity index (χ2n) is 5.11. The Labute approximate surface area is 145 Å². The van der Waals surface area contributed by atoms with Gasteiger partial charge in [-0.05, 0) is 13.0 Å². The molecule has 0 spiro atoms. The van der Waals surface area contributed by atoms with Gasteiger partial charge in [0.25, 0.3) is 0 Å². The van der Waals surface area contributed by atoms with Crippen molar-refractivity contribution in [2.24, 2.45) is 0 Å². The third kappa shape index (κ3) is 4.73. The summed E-state index contributed by atoms with van der Waals surface area (Å²) in [6.07, 6.45) is 7.31. The van der Waals surface area contributed by atoms with Crippen LogP contribution in [0.25, 0.3) is 11.0 Å². The number of fused-ring (bicyclic) bond motifs is 1. The molecular weight excluding hydrogens is 324 g/mol. The van der Waals surface area contributed by atoms with Crippen LogP contribution in [0.2, 0.25) is 0 Å². The first kappa shape index (κ1) is 18.3. The van der Waals surface area contributed by atoms with Crippen LogP contribution in [0.3, 0.4) is 0 Å². The molecule has 2 aromatic rings. The number of hydrogen-bond acceptors (Lipinski definition) is 6. The van der Waals surface area contributed by atoms with Crippen LogP contribution in [0.4, 0.5) is 0 Å². The molecule has 0 aliphatic heterocycles. The lowest BCUT2D eigenvalue weighted by Gasteiger charge is -2.11. The van der Waals surface area contributed by atoms with E-state index < -0.39 is 5.63 Å². The summed E-state index contributed by atoms with van der Waals surface area (Å²) in [5.74, 6) is 0.551. The zero-order valence-electron chi connectivity index (χ0n) is 14.4. The van der Waals surface area contributed by atoms with Crippen LogP contribution >= 0.6 is 0 Å². The molecule has 0 unspecified atom stereocenters. The molecule has 0 aliphatic rings. The monoisotopic (exact) mass is 344 g/mol. The number of ether oxygens (including phenoxy) is 3. The maximum Gasteiger partial charge on any atom is 0.336 e. The second-order valence-corrected chi connectivity index (χ2v) is 5.11. The highest BCUT2D eigenvalue weighted by atomic mass is 16.5. The summed E-state index contributed by atoms with van der Waals surface area (Å²) in [6.45, 7) is 1.85. The lowest BCUT2D eigenvalue weighted by molar-refractivity contribution is -0.143. The topological polar surface area (TPSA) is 75.0 Å². The van der Waals surface area contributed by atoms with Gasteiger partial charge in [-0.15, -0.1) is 0 Å². The molecule has 25 heavy (non-hydrogen) atoms. The number of carbonyl (C=O) groups is 1. The van der Waals surface area contributed by atoms with Gasteiger partial charge in [0, 0.05) is 23.1 Å². The van der Waals surface area contributed by atoms with Crippen molar-refractivity contribution < 1.29 is 23.4 Å². The normalized spacial score (nSPS) is 11.3. The van der Waals surface area contributed by atoms with Crippen LogP contribution in [0, 0.1) is 0 Å². The number of rotatable bonds is 7. The molecule has 0 N–H and O–H groups in total. The van der Waals surface area contributed by atoms with Crippen molar-refractivity contribution in [1.29, 1.82) is 0 Å². The minimum Gasteiger partial charge on any atom is -0.493 e. The Morgan fingerprint density at radius 3 is 2.52 bits per heavy atom. The quantitative estimate of drug-likeness (QED) is 0.435. The average Bonchev–Trinajstić information content (AvgIpc) is 2.62. The fourth-order valence-electron chi connectivity index (χ4n) is 2.24. The third-order valence-corrected chi connectivity index (χ3v) is 3.45. The summed E-state index contributed by atoms with van der Waals surface area (Å²) < 4.78 is 20.9. The number of esters is 1. The number of hydrogen-bond donors (Lipinski definition) is 0. The molecule has 1 aromatic carbocycles. The minimum atomic E-state index is -0.529. The van der Waals surface area contributed by atoms with Crippen molar-refractivity contribution in [1.82, 2.24) is 0 Å². The summed E-state index contributed by atoms with van der Waals surface area (Å²) in [5.41, 5.74) is 0.348. The van der Waals surface area contributed by atoms with Gasteiger partial charge in [0.05, 0.1) is 20.6 Å². The molecule has 1 heterocycles. The average molecular weight is 344 g/mol. The van der Waals surface area contributed by atoms with Crippen molar-refractivity contribution in [3.8, 4) is 11.5 Å². The van der Waals surface area contributed by atoms with E-state index in [2.05, 4.69) is 0 Å². The van der Waals surface area contributed by atoms with Gasteiger partial charge in [-0.1, -0.05) is 24.3 Å². The van der Waals surface area contributed by atoms with E-state index in [1.165, 1.54) is 20.3 Å². The van der Waals surface area contributed by atoms with E-state index in [1.807, 2.05) is 19.1 Å². The van der Waals surface area contributed by atoms with Gasteiger partial charge in [-0.25, -0.2) is 4.79 Å². The summed E-state index contributed by atoms with van der Waals surface area (Å²) in [6, 6.07) is 4.56. The predicted octanol–water partition coefficient (Wildman–Crippen LogP) is 3.38. The fraction of sp³-hybridized carbons (Fsp3) is 0.263. The number of carbonyl (C=O) groups excluding carboxylic acids is 1. The van der Waals surface area contributed by atoms with Gasteiger partial charge >= 0.3 is 11.6 Å². The van der Waals surface area contributed by atoms with Crippen LogP contribution in [-0.2, 0) is 16.1 Å².